The zero-order valence-electron chi connectivity index (χ0n) is 17.7. The Labute approximate surface area is 176 Å². The van der Waals surface area contributed by atoms with Crippen LogP contribution in [0.2, 0.25) is 0 Å². The van der Waals surface area contributed by atoms with Gasteiger partial charge < -0.3 is 14.4 Å². The number of benzene rings is 1. The number of carbonyl (C=O) groups excluding carboxylic acids is 2. The maximum Gasteiger partial charge on any atom is 0.508 e. The van der Waals surface area contributed by atoms with Gasteiger partial charge in [0.15, 0.2) is 11.9 Å². The first-order valence-electron chi connectivity index (χ1n) is 10.5. The van der Waals surface area contributed by atoms with Gasteiger partial charge in [-0.15, -0.1) is 0 Å². The van der Waals surface area contributed by atoms with Crippen molar-refractivity contribution in [3.63, 3.8) is 0 Å². The van der Waals surface area contributed by atoms with E-state index in [9.17, 15) is 14.0 Å². The molecule has 0 saturated carbocycles. The first-order valence-corrected chi connectivity index (χ1v) is 10.5. The largest absolute Gasteiger partial charge is 0.508 e. The van der Waals surface area contributed by atoms with Crippen LogP contribution in [0.1, 0.15) is 51.0 Å². The second-order valence-corrected chi connectivity index (χ2v) is 9.17. The maximum atomic E-state index is 13.6. The Morgan fingerprint density at radius 3 is 2.43 bits per heavy atom. The molecule has 2 atom stereocenters. The summed E-state index contributed by atoms with van der Waals surface area (Å²) in [6, 6.07) is 6.13. The zero-order chi connectivity index (χ0) is 21.5. The van der Waals surface area contributed by atoms with Gasteiger partial charge in [-0.3, -0.25) is 4.79 Å². The van der Waals surface area contributed by atoms with Crippen molar-refractivity contribution in [2.24, 2.45) is 5.41 Å². The van der Waals surface area contributed by atoms with E-state index in [4.69, 9.17) is 9.47 Å². The van der Waals surface area contributed by atoms with Gasteiger partial charge in [-0.2, -0.15) is 0 Å². The van der Waals surface area contributed by atoms with Crippen molar-refractivity contribution in [3.8, 4) is 0 Å². The van der Waals surface area contributed by atoms with E-state index in [-0.39, 0.29) is 17.0 Å². The molecule has 0 bridgehead atoms. The van der Waals surface area contributed by atoms with Crippen LogP contribution in [0.3, 0.4) is 0 Å². The summed E-state index contributed by atoms with van der Waals surface area (Å²) in [6.45, 7) is 5.95. The van der Waals surface area contributed by atoms with Crippen LogP contribution in [0.15, 0.2) is 47.2 Å². The quantitative estimate of drug-likeness (QED) is 0.670. The zero-order valence-corrected chi connectivity index (χ0v) is 17.7. The van der Waals surface area contributed by atoms with E-state index in [1.54, 1.807) is 12.1 Å². The van der Waals surface area contributed by atoms with Gasteiger partial charge in [-0.25, -0.2) is 9.18 Å². The topological polar surface area (TPSA) is 55.8 Å². The molecule has 2 aliphatic carbocycles. The van der Waals surface area contributed by atoms with Crippen molar-refractivity contribution < 1.29 is 23.5 Å². The fourth-order valence-corrected chi connectivity index (χ4v) is 5.01. The van der Waals surface area contributed by atoms with Crippen LogP contribution < -0.4 is 0 Å². The van der Waals surface area contributed by atoms with Crippen molar-refractivity contribution in [2.75, 3.05) is 20.2 Å². The smallest absolute Gasteiger partial charge is 0.438 e. The number of allylic oxidation sites excluding steroid dienone is 2. The van der Waals surface area contributed by atoms with E-state index in [1.165, 1.54) is 19.2 Å². The second-order valence-electron chi connectivity index (χ2n) is 9.17. The van der Waals surface area contributed by atoms with Gasteiger partial charge in [0.2, 0.25) is 0 Å². The fraction of sp³-hybridized carbons (Fsp3) is 0.500. The molecule has 2 unspecified atom stereocenters. The molecule has 0 radical (unpaired) electrons. The number of hydrogen-bond donors (Lipinski definition) is 0. The monoisotopic (exact) mass is 413 g/mol. The molecule has 1 saturated heterocycles. The Morgan fingerprint density at radius 1 is 1.13 bits per heavy atom. The van der Waals surface area contributed by atoms with Crippen molar-refractivity contribution in [1.29, 1.82) is 0 Å². The summed E-state index contributed by atoms with van der Waals surface area (Å²) in [6.07, 6.45) is 3.91. The summed E-state index contributed by atoms with van der Waals surface area (Å²) in [4.78, 5) is 27.7. The lowest BCUT2D eigenvalue weighted by Crippen LogP contribution is -2.42. The Kier molecular flexibility index (Phi) is 5.43. The molecule has 1 fully saturated rings. The number of methoxy groups -OCH3 is 1. The van der Waals surface area contributed by atoms with Crippen molar-refractivity contribution in [3.05, 3.63) is 58.6 Å². The van der Waals surface area contributed by atoms with Gasteiger partial charge in [0.1, 0.15) is 5.82 Å². The lowest BCUT2D eigenvalue weighted by Gasteiger charge is -2.42. The predicted molar refractivity (Wildman–Crippen MR) is 110 cm³/mol. The highest BCUT2D eigenvalue weighted by molar-refractivity contribution is 6.00. The number of rotatable bonds is 3. The molecule has 0 aromatic heterocycles. The number of hydrogen-bond acceptors (Lipinski definition) is 5. The van der Waals surface area contributed by atoms with E-state index in [1.807, 2.05) is 6.08 Å². The van der Waals surface area contributed by atoms with Gasteiger partial charge in [0.05, 0.1) is 18.7 Å². The van der Waals surface area contributed by atoms with Gasteiger partial charge >= 0.3 is 6.16 Å². The highest BCUT2D eigenvalue weighted by Gasteiger charge is 2.45. The normalized spacial score (nSPS) is 25.7. The van der Waals surface area contributed by atoms with Crippen molar-refractivity contribution in [1.82, 2.24) is 4.90 Å². The standard InChI is InChI=1S/C24H28FNO4/c1-24(2)13-16-12-18(26-10-4-5-11-26)22(30-23(28)29-3)21(20(16)19(27)14-24)15-6-8-17(25)9-7-15/h6-9,12,21-22H,4-5,10-11,13-14H2,1-3H3. The van der Waals surface area contributed by atoms with Crippen molar-refractivity contribution >= 4 is 11.9 Å². The van der Waals surface area contributed by atoms with Gasteiger partial charge in [0, 0.05) is 25.1 Å². The van der Waals surface area contributed by atoms with Crippen LogP contribution in [0.5, 0.6) is 0 Å². The first-order chi connectivity index (χ1) is 14.3. The molecule has 30 heavy (non-hydrogen) atoms. The van der Waals surface area contributed by atoms with Crippen LogP contribution in [0.25, 0.3) is 0 Å². The first kappa shape index (κ1) is 20.6. The molecule has 0 N–H and O–H groups in total. The third-order valence-corrected chi connectivity index (χ3v) is 6.27. The average Bonchev–Trinajstić information content (AvgIpc) is 3.22. The molecule has 6 heteroatoms. The van der Waals surface area contributed by atoms with Crippen LogP contribution in [-0.2, 0) is 14.3 Å². The molecule has 0 spiro atoms. The highest BCUT2D eigenvalue weighted by Crippen LogP contribution is 2.49. The van der Waals surface area contributed by atoms with Crippen LogP contribution in [0.4, 0.5) is 9.18 Å². The third-order valence-electron chi connectivity index (χ3n) is 6.27. The van der Waals surface area contributed by atoms with Gasteiger partial charge in [-0.05, 0) is 54.0 Å². The number of Topliss-reactive ketones (excluding diaryl/α,β-unsaturated/α-hetero) is 1. The van der Waals surface area contributed by atoms with Crippen LogP contribution in [-0.4, -0.2) is 43.1 Å². The summed E-state index contributed by atoms with van der Waals surface area (Å²) in [7, 11) is 1.27. The third kappa shape index (κ3) is 3.87. The van der Waals surface area contributed by atoms with Crippen LogP contribution >= 0.6 is 0 Å². The van der Waals surface area contributed by atoms with Crippen molar-refractivity contribution in [2.45, 2.75) is 51.6 Å². The number of carbonyl (C=O) groups is 2. The number of likely N-dealkylation sites (tertiary alicyclic amines) is 1. The minimum absolute atomic E-state index is 0.0609. The minimum Gasteiger partial charge on any atom is -0.438 e. The second kappa shape index (κ2) is 7.89. The minimum atomic E-state index is -0.787. The maximum absolute atomic E-state index is 13.6. The van der Waals surface area contributed by atoms with Gasteiger partial charge in [-0.1, -0.05) is 26.0 Å². The van der Waals surface area contributed by atoms with Gasteiger partial charge in [0.25, 0.3) is 0 Å². The molecular formula is C24H28FNO4. The fourth-order valence-electron chi connectivity index (χ4n) is 5.01. The molecule has 5 nitrogen and oxygen atoms in total. The molecule has 1 aromatic carbocycles. The molecule has 4 rings (SSSR count). The summed E-state index contributed by atoms with van der Waals surface area (Å²) in [5.74, 6) is -0.768. The summed E-state index contributed by atoms with van der Waals surface area (Å²) in [5, 5.41) is 0. The molecule has 3 aliphatic rings. The van der Waals surface area contributed by atoms with E-state index in [0.717, 1.165) is 49.2 Å². The molecular weight excluding hydrogens is 385 g/mol. The Hall–Kier alpha value is -2.63. The number of nitrogens with zero attached hydrogens (tertiary/aromatic N) is 1. The molecule has 160 valence electrons. The van der Waals surface area contributed by atoms with E-state index >= 15 is 0 Å². The highest BCUT2D eigenvalue weighted by atomic mass is 19.1. The van der Waals surface area contributed by atoms with Crippen LogP contribution in [0, 0.1) is 11.2 Å². The van der Waals surface area contributed by atoms with E-state index in [0.29, 0.717) is 12.0 Å². The molecule has 0 amide bonds. The molecule has 1 aromatic rings. The Bertz CT molecular complexity index is 910. The molecule has 1 aliphatic heterocycles. The van der Waals surface area contributed by atoms with E-state index in [2.05, 4.69) is 18.7 Å². The lowest BCUT2D eigenvalue weighted by atomic mass is 9.66. The Morgan fingerprint density at radius 2 is 1.80 bits per heavy atom. The Balaban J connectivity index is 1.88. The predicted octanol–water partition coefficient (Wildman–Crippen LogP) is 4.74. The number of halogens is 1. The molecule has 1 heterocycles. The summed E-state index contributed by atoms with van der Waals surface area (Å²) < 4.78 is 24.2. The number of ketones is 1. The average molecular weight is 413 g/mol. The van der Waals surface area contributed by atoms with E-state index < -0.39 is 18.2 Å². The summed E-state index contributed by atoms with van der Waals surface area (Å²) in [5.41, 5.74) is 3.20. The summed E-state index contributed by atoms with van der Waals surface area (Å²) >= 11 is 0. The SMILES string of the molecule is COC(=O)OC1C(N2CCCC2)=CC2=C(C(=O)CC(C)(C)C2)C1c1ccc(F)cc1. The number of ether oxygens (including phenoxy) is 2. The lowest BCUT2D eigenvalue weighted by molar-refractivity contribution is -0.118.